The number of ether oxygens (including phenoxy) is 3. The van der Waals surface area contributed by atoms with Crippen LogP contribution in [0.5, 0.6) is 11.5 Å². The molecule has 2 aromatic carbocycles. The van der Waals surface area contributed by atoms with Crippen molar-refractivity contribution in [2.24, 2.45) is 0 Å². The summed E-state index contributed by atoms with van der Waals surface area (Å²) in [5.41, 5.74) is 3.42. The molecule has 1 aromatic heterocycles. The van der Waals surface area contributed by atoms with E-state index in [0.29, 0.717) is 0 Å². The van der Waals surface area contributed by atoms with Crippen LogP contribution in [0, 0.1) is 0 Å². The normalized spacial score (nSPS) is 16.2. The highest BCUT2D eigenvalue weighted by Gasteiger charge is 2.22. The van der Waals surface area contributed by atoms with Crippen LogP contribution >= 0.6 is 0 Å². The van der Waals surface area contributed by atoms with E-state index in [4.69, 9.17) is 14.2 Å². The molecular weight excluding hydrogens is 378 g/mol. The van der Waals surface area contributed by atoms with Crippen molar-refractivity contribution >= 4 is 0 Å². The third-order valence-corrected chi connectivity index (χ3v) is 5.50. The number of methoxy groups -OCH3 is 2. The number of hydrogen-bond donors (Lipinski definition) is 0. The maximum Gasteiger partial charge on any atom is 0.165 e. The second-order valence-electron chi connectivity index (χ2n) is 7.54. The summed E-state index contributed by atoms with van der Waals surface area (Å²) in [6, 6.07) is 16.4. The van der Waals surface area contributed by atoms with E-state index in [9.17, 15) is 0 Å². The van der Waals surface area contributed by atoms with Crippen molar-refractivity contribution in [2.45, 2.75) is 32.0 Å². The van der Waals surface area contributed by atoms with Gasteiger partial charge in [0.25, 0.3) is 0 Å². The lowest BCUT2D eigenvalue weighted by Crippen LogP contribution is -2.32. The standard InChI is InChI=1S/C24H29N3O3/c1-28-23-12-5-9-20(24(23)29-2)17-26(18-21-10-6-15-30-21)16-19-8-3-4-11-22(19)27-14-7-13-25-27/h3-5,7-9,11-14,21H,6,10,15-18H2,1-2H3. The molecule has 1 atom stereocenters. The van der Waals surface area contributed by atoms with Gasteiger partial charge in [-0.1, -0.05) is 30.3 Å². The number of aromatic nitrogens is 2. The molecule has 30 heavy (non-hydrogen) atoms. The fraction of sp³-hybridized carbons (Fsp3) is 0.375. The summed E-state index contributed by atoms with van der Waals surface area (Å²) in [6.45, 7) is 3.25. The molecule has 6 heteroatoms. The lowest BCUT2D eigenvalue weighted by molar-refractivity contribution is 0.0676. The van der Waals surface area contributed by atoms with Gasteiger partial charge < -0.3 is 14.2 Å². The Morgan fingerprint density at radius 2 is 1.87 bits per heavy atom. The molecule has 1 aliphatic heterocycles. The van der Waals surface area contributed by atoms with Crippen LogP contribution in [0.2, 0.25) is 0 Å². The first-order valence-electron chi connectivity index (χ1n) is 10.4. The first-order valence-corrected chi connectivity index (χ1v) is 10.4. The van der Waals surface area contributed by atoms with Gasteiger partial charge >= 0.3 is 0 Å². The zero-order valence-corrected chi connectivity index (χ0v) is 17.7. The number of para-hydroxylation sites is 2. The molecule has 1 unspecified atom stereocenters. The molecular formula is C24H29N3O3. The molecule has 0 N–H and O–H groups in total. The molecule has 3 aromatic rings. The monoisotopic (exact) mass is 407 g/mol. The summed E-state index contributed by atoms with van der Waals surface area (Å²) in [6.07, 6.45) is 6.28. The maximum atomic E-state index is 5.95. The van der Waals surface area contributed by atoms with Gasteiger partial charge in [0.05, 0.1) is 26.0 Å². The molecule has 1 saturated heterocycles. The van der Waals surface area contributed by atoms with E-state index in [1.54, 1.807) is 14.2 Å². The minimum atomic E-state index is 0.262. The van der Waals surface area contributed by atoms with E-state index >= 15 is 0 Å². The van der Waals surface area contributed by atoms with Crippen molar-refractivity contribution < 1.29 is 14.2 Å². The van der Waals surface area contributed by atoms with E-state index in [-0.39, 0.29) is 6.10 Å². The lowest BCUT2D eigenvalue weighted by Gasteiger charge is -2.27. The Morgan fingerprint density at radius 3 is 2.60 bits per heavy atom. The molecule has 4 rings (SSSR count). The Bertz CT molecular complexity index is 937. The van der Waals surface area contributed by atoms with Gasteiger partial charge in [0.1, 0.15) is 0 Å². The van der Waals surface area contributed by atoms with Crippen LogP contribution < -0.4 is 9.47 Å². The first-order chi connectivity index (χ1) is 14.8. The predicted molar refractivity (Wildman–Crippen MR) is 116 cm³/mol. The molecule has 158 valence electrons. The zero-order chi connectivity index (χ0) is 20.8. The summed E-state index contributed by atoms with van der Waals surface area (Å²) in [7, 11) is 3.37. The van der Waals surface area contributed by atoms with Crippen molar-refractivity contribution in [1.29, 1.82) is 0 Å². The summed E-state index contributed by atoms with van der Waals surface area (Å²) in [4.78, 5) is 2.43. The Labute approximate surface area is 178 Å². The van der Waals surface area contributed by atoms with E-state index < -0.39 is 0 Å². The highest BCUT2D eigenvalue weighted by Crippen LogP contribution is 2.32. The zero-order valence-electron chi connectivity index (χ0n) is 17.7. The van der Waals surface area contributed by atoms with Gasteiger partial charge in [0, 0.05) is 44.2 Å². The quantitative estimate of drug-likeness (QED) is 0.535. The van der Waals surface area contributed by atoms with Crippen molar-refractivity contribution in [3.63, 3.8) is 0 Å². The van der Waals surface area contributed by atoms with Crippen LogP contribution in [-0.2, 0) is 17.8 Å². The minimum absolute atomic E-state index is 0.262. The largest absolute Gasteiger partial charge is 0.493 e. The Balaban J connectivity index is 1.62. The summed E-state index contributed by atoms with van der Waals surface area (Å²) in [5.74, 6) is 1.54. The first kappa shape index (κ1) is 20.4. The smallest absolute Gasteiger partial charge is 0.165 e. The van der Waals surface area contributed by atoms with Gasteiger partial charge in [-0.2, -0.15) is 5.10 Å². The third kappa shape index (κ3) is 4.66. The molecule has 0 spiro atoms. The topological polar surface area (TPSA) is 48.8 Å². The van der Waals surface area contributed by atoms with Crippen molar-refractivity contribution in [3.05, 3.63) is 72.1 Å². The van der Waals surface area contributed by atoms with Gasteiger partial charge in [-0.25, -0.2) is 4.68 Å². The Hall–Kier alpha value is -2.83. The lowest BCUT2D eigenvalue weighted by atomic mass is 10.1. The predicted octanol–water partition coefficient (Wildman–Crippen LogP) is 4.07. The molecule has 1 aliphatic rings. The highest BCUT2D eigenvalue weighted by atomic mass is 16.5. The fourth-order valence-electron chi connectivity index (χ4n) is 4.10. The average Bonchev–Trinajstić information content (AvgIpc) is 3.48. The van der Waals surface area contributed by atoms with Crippen LogP contribution in [0.4, 0.5) is 0 Å². The van der Waals surface area contributed by atoms with Crippen molar-refractivity contribution in [1.82, 2.24) is 14.7 Å². The van der Waals surface area contributed by atoms with Gasteiger partial charge in [-0.15, -0.1) is 0 Å². The number of rotatable bonds is 9. The SMILES string of the molecule is COc1cccc(CN(Cc2ccccc2-n2cccn2)CC2CCCO2)c1OC. The highest BCUT2D eigenvalue weighted by molar-refractivity contribution is 5.46. The Kier molecular flexibility index (Phi) is 6.67. The summed E-state index contributed by atoms with van der Waals surface area (Å²) < 4.78 is 19.0. The van der Waals surface area contributed by atoms with E-state index in [1.165, 1.54) is 5.56 Å². The Morgan fingerprint density at radius 1 is 1.03 bits per heavy atom. The number of nitrogens with zero attached hydrogens (tertiary/aromatic N) is 3. The van der Waals surface area contributed by atoms with Gasteiger partial charge in [-0.3, -0.25) is 4.90 Å². The fourth-order valence-corrected chi connectivity index (χ4v) is 4.10. The second kappa shape index (κ2) is 9.78. The van der Waals surface area contributed by atoms with Crippen LogP contribution in [0.1, 0.15) is 24.0 Å². The van der Waals surface area contributed by atoms with Crippen LogP contribution in [0.3, 0.4) is 0 Å². The molecule has 1 fully saturated rings. The van der Waals surface area contributed by atoms with Crippen LogP contribution in [0.25, 0.3) is 5.69 Å². The van der Waals surface area contributed by atoms with Gasteiger partial charge in [0.15, 0.2) is 11.5 Å². The molecule has 0 amide bonds. The number of benzene rings is 2. The second-order valence-corrected chi connectivity index (χ2v) is 7.54. The summed E-state index contributed by atoms with van der Waals surface area (Å²) >= 11 is 0. The molecule has 0 radical (unpaired) electrons. The van der Waals surface area contributed by atoms with Crippen molar-refractivity contribution in [2.75, 3.05) is 27.4 Å². The third-order valence-electron chi connectivity index (χ3n) is 5.50. The van der Waals surface area contributed by atoms with Crippen LogP contribution in [0.15, 0.2) is 60.9 Å². The molecule has 6 nitrogen and oxygen atoms in total. The van der Waals surface area contributed by atoms with Gasteiger partial charge in [-0.05, 0) is 36.6 Å². The van der Waals surface area contributed by atoms with Gasteiger partial charge in [0.2, 0.25) is 0 Å². The molecule has 0 saturated carbocycles. The molecule has 0 bridgehead atoms. The molecule has 0 aliphatic carbocycles. The number of hydrogen-bond acceptors (Lipinski definition) is 5. The van der Waals surface area contributed by atoms with E-state index in [2.05, 4.69) is 40.3 Å². The maximum absolute atomic E-state index is 5.95. The van der Waals surface area contributed by atoms with E-state index in [0.717, 1.165) is 61.8 Å². The molecule has 2 heterocycles. The minimum Gasteiger partial charge on any atom is -0.493 e. The average molecular weight is 408 g/mol. The summed E-state index contributed by atoms with van der Waals surface area (Å²) in [5, 5.41) is 4.43. The van der Waals surface area contributed by atoms with E-state index in [1.807, 2.05) is 35.3 Å². The van der Waals surface area contributed by atoms with Crippen LogP contribution in [-0.4, -0.2) is 48.2 Å². The van der Waals surface area contributed by atoms with Crippen molar-refractivity contribution in [3.8, 4) is 17.2 Å².